The van der Waals surface area contributed by atoms with Crippen LogP contribution in [0.15, 0.2) is 24.3 Å². The normalized spacial score (nSPS) is 16.8. The van der Waals surface area contributed by atoms with Gasteiger partial charge in [0.15, 0.2) is 0 Å². The number of carboxylic acids is 1. The zero-order valence-electron chi connectivity index (χ0n) is 15.2. The molecule has 1 aromatic carbocycles. The largest absolute Gasteiger partial charge is 0.480 e. The van der Waals surface area contributed by atoms with E-state index in [2.05, 4.69) is 10.2 Å². The Labute approximate surface area is 165 Å². The highest BCUT2D eigenvalue weighted by Gasteiger charge is 2.29. The van der Waals surface area contributed by atoms with Crippen molar-refractivity contribution in [2.45, 2.75) is 38.8 Å². The molecule has 0 saturated carbocycles. The van der Waals surface area contributed by atoms with Gasteiger partial charge in [-0.2, -0.15) is 0 Å². The molecular formula is C18H27Cl2N3O3. The molecule has 146 valence electrons. The van der Waals surface area contributed by atoms with Crippen LogP contribution in [-0.2, 0) is 9.59 Å². The molecule has 0 bridgehead atoms. The standard InChI is InChI=1S/C18H26ClN3O3.ClH/c1-3-21(12-17(23)24)14-8-10-22(11-9-14)13(2)18(25)20-16-7-5-4-6-15(16)19;/h4-7,13-14H,3,8-12H2,1-2H3,(H,20,25)(H,23,24);1H. The zero-order chi connectivity index (χ0) is 18.4. The Balaban J connectivity index is 0.00000338. The number of halogens is 2. The van der Waals surface area contributed by atoms with Crippen LogP contribution in [0.5, 0.6) is 0 Å². The first kappa shape index (κ1) is 22.7. The molecule has 1 aromatic rings. The summed E-state index contributed by atoms with van der Waals surface area (Å²) in [5.74, 6) is -0.874. The summed E-state index contributed by atoms with van der Waals surface area (Å²) in [5.41, 5.74) is 0.620. The number of hydrogen-bond donors (Lipinski definition) is 2. The van der Waals surface area contributed by atoms with E-state index in [1.54, 1.807) is 12.1 Å². The zero-order valence-corrected chi connectivity index (χ0v) is 16.7. The topological polar surface area (TPSA) is 72.9 Å². The molecule has 0 aromatic heterocycles. The molecule has 6 nitrogen and oxygen atoms in total. The predicted octanol–water partition coefficient (Wildman–Crippen LogP) is 2.96. The van der Waals surface area contributed by atoms with Gasteiger partial charge in [-0.05, 0) is 38.4 Å². The average molecular weight is 404 g/mol. The van der Waals surface area contributed by atoms with Gasteiger partial charge in [-0.3, -0.25) is 19.4 Å². The average Bonchev–Trinajstić information content (AvgIpc) is 2.61. The minimum Gasteiger partial charge on any atom is -0.480 e. The van der Waals surface area contributed by atoms with Crippen LogP contribution in [-0.4, -0.2) is 65.0 Å². The Morgan fingerprint density at radius 1 is 1.35 bits per heavy atom. The van der Waals surface area contributed by atoms with Gasteiger partial charge < -0.3 is 10.4 Å². The van der Waals surface area contributed by atoms with Gasteiger partial charge in [-0.25, -0.2) is 0 Å². The fraction of sp³-hybridized carbons (Fsp3) is 0.556. The third-order valence-electron chi connectivity index (χ3n) is 4.82. The van der Waals surface area contributed by atoms with Crippen molar-refractivity contribution in [3.05, 3.63) is 29.3 Å². The summed E-state index contributed by atoms with van der Waals surface area (Å²) < 4.78 is 0. The molecule has 1 saturated heterocycles. The van der Waals surface area contributed by atoms with E-state index in [-0.39, 0.29) is 36.9 Å². The SMILES string of the molecule is CCN(CC(=O)O)C1CCN(C(C)C(=O)Nc2ccccc2Cl)CC1.Cl. The number of carbonyl (C=O) groups is 2. The van der Waals surface area contributed by atoms with Crippen LogP contribution in [0, 0.1) is 0 Å². The molecule has 1 atom stereocenters. The Morgan fingerprint density at radius 2 is 1.96 bits per heavy atom. The predicted molar refractivity (Wildman–Crippen MR) is 106 cm³/mol. The molecule has 1 unspecified atom stereocenters. The van der Waals surface area contributed by atoms with E-state index in [0.29, 0.717) is 10.7 Å². The van der Waals surface area contributed by atoms with Crippen molar-refractivity contribution in [3.8, 4) is 0 Å². The van der Waals surface area contributed by atoms with Crippen LogP contribution >= 0.6 is 24.0 Å². The number of rotatable bonds is 7. The summed E-state index contributed by atoms with van der Waals surface area (Å²) in [6, 6.07) is 7.18. The minimum atomic E-state index is -0.795. The van der Waals surface area contributed by atoms with Gasteiger partial charge in [0.1, 0.15) is 0 Å². The lowest BCUT2D eigenvalue weighted by molar-refractivity contribution is -0.139. The van der Waals surface area contributed by atoms with Crippen molar-refractivity contribution < 1.29 is 14.7 Å². The third kappa shape index (κ3) is 6.13. The van der Waals surface area contributed by atoms with E-state index in [0.717, 1.165) is 32.5 Å². The van der Waals surface area contributed by atoms with E-state index < -0.39 is 5.97 Å². The molecule has 1 aliphatic heterocycles. The number of aliphatic carboxylic acids is 1. The first-order chi connectivity index (χ1) is 11.9. The molecule has 8 heteroatoms. The Kier molecular flexibility index (Phi) is 9.36. The van der Waals surface area contributed by atoms with Crippen LogP contribution < -0.4 is 5.32 Å². The second-order valence-corrected chi connectivity index (χ2v) is 6.78. The van der Waals surface area contributed by atoms with Gasteiger partial charge in [0.2, 0.25) is 5.91 Å². The fourth-order valence-electron chi connectivity index (χ4n) is 3.28. The lowest BCUT2D eigenvalue weighted by atomic mass is 10.0. The number of carbonyl (C=O) groups excluding carboxylic acids is 1. The number of nitrogens with zero attached hydrogens (tertiary/aromatic N) is 2. The van der Waals surface area contributed by atoms with E-state index in [9.17, 15) is 9.59 Å². The summed E-state index contributed by atoms with van der Waals surface area (Å²) in [4.78, 5) is 27.6. The van der Waals surface area contributed by atoms with Crippen molar-refractivity contribution in [1.29, 1.82) is 0 Å². The number of nitrogens with one attached hydrogen (secondary N) is 1. The smallest absolute Gasteiger partial charge is 0.317 e. The lowest BCUT2D eigenvalue weighted by Crippen LogP contribution is -2.51. The molecule has 2 rings (SSSR count). The van der Waals surface area contributed by atoms with Gasteiger partial charge >= 0.3 is 5.97 Å². The maximum atomic E-state index is 12.5. The molecule has 1 heterocycles. The monoisotopic (exact) mass is 403 g/mol. The number of likely N-dealkylation sites (tertiary alicyclic amines) is 1. The maximum absolute atomic E-state index is 12.5. The molecular weight excluding hydrogens is 377 g/mol. The van der Waals surface area contributed by atoms with Crippen LogP contribution in [0.1, 0.15) is 26.7 Å². The number of likely N-dealkylation sites (N-methyl/N-ethyl adjacent to an activating group) is 1. The Bertz CT molecular complexity index is 607. The molecule has 1 aliphatic rings. The molecule has 0 aliphatic carbocycles. The van der Waals surface area contributed by atoms with Gasteiger partial charge in [0.25, 0.3) is 0 Å². The Morgan fingerprint density at radius 3 is 2.50 bits per heavy atom. The Hall–Kier alpha value is -1.34. The molecule has 0 radical (unpaired) electrons. The highest BCUT2D eigenvalue weighted by atomic mass is 35.5. The number of piperidine rings is 1. The molecule has 26 heavy (non-hydrogen) atoms. The molecule has 1 fully saturated rings. The van der Waals surface area contributed by atoms with Gasteiger partial charge in [0.05, 0.1) is 23.3 Å². The fourth-order valence-corrected chi connectivity index (χ4v) is 3.46. The summed E-state index contributed by atoms with van der Waals surface area (Å²) in [6.07, 6.45) is 1.73. The van der Waals surface area contributed by atoms with E-state index in [1.165, 1.54) is 0 Å². The number of para-hydroxylation sites is 1. The quantitative estimate of drug-likeness (QED) is 0.731. The van der Waals surface area contributed by atoms with Crippen molar-refractivity contribution in [2.75, 3.05) is 31.5 Å². The minimum absolute atomic E-state index is 0. The van der Waals surface area contributed by atoms with E-state index in [4.69, 9.17) is 16.7 Å². The van der Waals surface area contributed by atoms with Crippen LogP contribution in [0.4, 0.5) is 5.69 Å². The maximum Gasteiger partial charge on any atom is 0.317 e. The third-order valence-corrected chi connectivity index (χ3v) is 5.15. The second kappa shape index (κ2) is 10.7. The lowest BCUT2D eigenvalue weighted by Gasteiger charge is -2.39. The number of benzene rings is 1. The number of amides is 1. The number of anilines is 1. The van der Waals surface area contributed by atoms with Crippen LogP contribution in [0.3, 0.4) is 0 Å². The summed E-state index contributed by atoms with van der Waals surface area (Å²) in [6.45, 7) is 6.22. The van der Waals surface area contributed by atoms with Crippen molar-refractivity contribution in [1.82, 2.24) is 9.80 Å². The summed E-state index contributed by atoms with van der Waals surface area (Å²) in [7, 11) is 0. The summed E-state index contributed by atoms with van der Waals surface area (Å²) in [5, 5.41) is 12.4. The van der Waals surface area contributed by atoms with Crippen LogP contribution in [0.2, 0.25) is 5.02 Å². The first-order valence-corrected chi connectivity index (χ1v) is 9.05. The van der Waals surface area contributed by atoms with E-state index >= 15 is 0 Å². The summed E-state index contributed by atoms with van der Waals surface area (Å²) >= 11 is 6.09. The molecule has 1 amide bonds. The van der Waals surface area contributed by atoms with Gasteiger partial charge in [-0.1, -0.05) is 30.7 Å². The second-order valence-electron chi connectivity index (χ2n) is 6.37. The van der Waals surface area contributed by atoms with Gasteiger partial charge in [0, 0.05) is 19.1 Å². The highest BCUT2D eigenvalue weighted by molar-refractivity contribution is 6.33. The first-order valence-electron chi connectivity index (χ1n) is 8.67. The number of carboxylic acid groups (broad SMARTS) is 1. The van der Waals surface area contributed by atoms with Crippen molar-refractivity contribution in [2.24, 2.45) is 0 Å². The molecule has 2 N–H and O–H groups in total. The van der Waals surface area contributed by atoms with Gasteiger partial charge in [-0.15, -0.1) is 12.4 Å². The van der Waals surface area contributed by atoms with Crippen molar-refractivity contribution in [3.63, 3.8) is 0 Å². The van der Waals surface area contributed by atoms with E-state index in [1.807, 2.05) is 30.9 Å². The number of hydrogen-bond acceptors (Lipinski definition) is 4. The van der Waals surface area contributed by atoms with Crippen molar-refractivity contribution >= 4 is 41.6 Å². The van der Waals surface area contributed by atoms with Crippen LogP contribution in [0.25, 0.3) is 0 Å². The highest BCUT2D eigenvalue weighted by Crippen LogP contribution is 2.22. The molecule has 0 spiro atoms.